The molecule has 0 spiro atoms. The molecule has 8 nitrogen and oxygen atoms in total. The summed E-state index contributed by atoms with van der Waals surface area (Å²) in [7, 11) is 1.16. The predicted molar refractivity (Wildman–Crippen MR) is 97.9 cm³/mol. The average Bonchev–Trinajstić information content (AvgIpc) is 2.66. The van der Waals surface area contributed by atoms with Gasteiger partial charge in [0, 0.05) is 11.6 Å². The number of aryl methyl sites for hydroxylation is 1. The van der Waals surface area contributed by atoms with Crippen LogP contribution in [-0.4, -0.2) is 13.1 Å². The van der Waals surface area contributed by atoms with Gasteiger partial charge in [-0.25, -0.2) is 9.59 Å². The van der Waals surface area contributed by atoms with Crippen LogP contribution in [0, 0.1) is 6.92 Å². The highest BCUT2D eigenvalue weighted by Crippen LogP contribution is 2.40. The minimum absolute atomic E-state index is 0.0252. The van der Waals surface area contributed by atoms with Crippen molar-refractivity contribution in [2.24, 2.45) is 5.73 Å². The van der Waals surface area contributed by atoms with E-state index >= 15 is 0 Å². The first-order chi connectivity index (χ1) is 13.4. The number of ether oxygens (including phenoxy) is 2. The third-order valence-corrected chi connectivity index (χ3v) is 4.56. The van der Waals surface area contributed by atoms with Gasteiger partial charge in [0.1, 0.15) is 22.7 Å². The largest absolute Gasteiger partial charge is 0.465 e. The Morgan fingerprint density at radius 3 is 2.71 bits per heavy atom. The maximum Gasteiger partial charge on any atom is 0.343 e. The summed E-state index contributed by atoms with van der Waals surface area (Å²) in [5.41, 5.74) is 5.01. The number of para-hydroxylation sites is 1. The van der Waals surface area contributed by atoms with Gasteiger partial charge in [-0.15, -0.1) is 0 Å². The zero-order valence-electron chi connectivity index (χ0n) is 15.0. The van der Waals surface area contributed by atoms with Crippen LogP contribution in [0.3, 0.4) is 0 Å². The average molecular weight is 381 g/mol. The van der Waals surface area contributed by atoms with Gasteiger partial charge in [0.25, 0.3) is 0 Å². The number of nitrogens with two attached hydrogens (primary N) is 1. The van der Waals surface area contributed by atoms with Crippen molar-refractivity contribution in [3.05, 3.63) is 85.6 Å². The molecule has 0 bridgehead atoms. The van der Waals surface area contributed by atoms with Crippen molar-refractivity contribution in [1.82, 2.24) is 0 Å². The van der Waals surface area contributed by atoms with E-state index in [0.29, 0.717) is 16.7 Å². The molecule has 8 heteroatoms. The van der Waals surface area contributed by atoms with Crippen LogP contribution in [0.15, 0.2) is 66.5 Å². The standard InChI is InChI=1S/C20H15NO7/c1-9-7-13-15(20(24)27-9)14(16(18(21)28-13)19(23)25-2)11-8-26-12-6-4-3-5-10(12)17(11)22/h3-8,14H,21H2,1-2H3. The van der Waals surface area contributed by atoms with Gasteiger partial charge in [0.05, 0.1) is 30.2 Å². The van der Waals surface area contributed by atoms with E-state index in [2.05, 4.69) is 0 Å². The molecule has 3 aromatic rings. The van der Waals surface area contributed by atoms with Crippen LogP contribution >= 0.6 is 0 Å². The zero-order chi connectivity index (χ0) is 20.0. The van der Waals surface area contributed by atoms with E-state index in [1.54, 1.807) is 31.2 Å². The van der Waals surface area contributed by atoms with Crippen LogP contribution < -0.4 is 21.5 Å². The predicted octanol–water partition coefficient (Wildman–Crippen LogP) is 1.92. The quantitative estimate of drug-likeness (QED) is 0.668. The molecule has 0 saturated carbocycles. The lowest BCUT2D eigenvalue weighted by Crippen LogP contribution is -2.32. The lowest BCUT2D eigenvalue weighted by Gasteiger charge is -2.26. The van der Waals surface area contributed by atoms with E-state index in [9.17, 15) is 14.4 Å². The van der Waals surface area contributed by atoms with E-state index in [1.807, 2.05) is 0 Å². The van der Waals surface area contributed by atoms with Crippen LogP contribution in [0.25, 0.3) is 11.0 Å². The molecule has 142 valence electrons. The van der Waals surface area contributed by atoms with Crippen molar-refractivity contribution in [3.8, 4) is 5.75 Å². The van der Waals surface area contributed by atoms with Crippen LogP contribution in [-0.2, 0) is 9.53 Å². The van der Waals surface area contributed by atoms with Gasteiger partial charge in [0.15, 0.2) is 5.43 Å². The number of methoxy groups -OCH3 is 1. The number of esters is 1. The lowest BCUT2D eigenvalue weighted by atomic mass is 9.84. The summed E-state index contributed by atoms with van der Waals surface area (Å²) in [6.07, 6.45) is 1.21. The minimum Gasteiger partial charge on any atom is -0.465 e. The van der Waals surface area contributed by atoms with Crippen LogP contribution in [0.4, 0.5) is 0 Å². The summed E-state index contributed by atoms with van der Waals surface area (Å²) in [4.78, 5) is 38.2. The van der Waals surface area contributed by atoms with Crippen molar-refractivity contribution in [1.29, 1.82) is 0 Å². The molecular weight excluding hydrogens is 366 g/mol. The second-order valence-electron chi connectivity index (χ2n) is 6.24. The molecule has 4 rings (SSSR count). The molecule has 1 aromatic carbocycles. The number of carbonyl (C=O) groups is 1. The highest BCUT2D eigenvalue weighted by Gasteiger charge is 2.40. The Balaban J connectivity index is 2.08. The molecule has 0 aliphatic carbocycles. The van der Waals surface area contributed by atoms with Crippen molar-refractivity contribution >= 4 is 16.9 Å². The maximum absolute atomic E-state index is 13.1. The number of rotatable bonds is 2. The van der Waals surface area contributed by atoms with Gasteiger partial charge in [-0.05, 0) is 19.1 Å². The van der Waals surface area contributed by atoms with Gasteiger partial charge in [-0.3, -0.25) is 4.79 Å². The molecule has 0 fully saturated rings. The Morgan fingerprint density at radius 1 is 1.21 bits per heavy atom. The van der Waals surface area contributed by atoms with E-state index in [1.165, 1.54) is 12.3 Å². The zero-order valence-corrected chi connectivity index (χ0v) is 15.0. The minimum atomic E-state index is -1.16. The number of hydrogen-bond acceptors (Lipinski definition) is 8. The summed E-state index contributed by atoms with van der Waals surface area (Å²) < 4.78 is 21.0. The molecule has 1 aliphatic heterocycles. The Hall–Kier alpha value is -3.81. The molecule has 2 aromatic heterocycles. The number of hydrogen-bond donors (Lipinski definition) is 1. The van der Waals surface area contributed by atoms with E-state index in [-0.39, 0.29) is 28.3 Å². The van der Waals surface area contributed by atoms with Gasteiger partial charge in [-0.1, -0.05) is 12.1 Å². The van der Waals surface area contributed by atoms with Crippen LogP contribution in [0.5, 0.6) is 5.75 Å². The Morgan fingerprint density at radius 2 is 1.96 bits per heavy atom. The van der Waals surface area contributed by atoms with E-state index in [0.717, 1.165) is 7.11 Å². The molecule has 1 atom stereocenters. The molecular formula is C20H15NO7. The fraction of sp³-hybridized carbons (Fsp3) is 0.150. The van der Waals surface area contributed by atoms with Gasteiger partial charge in [-0.2, -0.15) is 0 Å². The molecule has 1 unspecified atom stereocenters. The third kappa shape index (κ3) is 2.58. The first-order valence-corrected chi connectivity index (χ1v) is 8.33. The first-order valence-electron chi connectivity index (χ1n) is 8.33. The highest BCUT2D eigenvalue weighted by molar-refractivity contribution is 5.92. The molecule has 0 amide bonds. The van der Waals surface area contributed by atoms with Crippen LogP contribution in [0.2, 0.25) is 0 Å². The summed E-state index contributed by atoms with van der Waals surface area (Å²) in [6.45, 7) is 1.57. The van der Waals surface area contributed by atoms with Crippen molar-refractivity contribution < 1.29 is 23.1 Å². The smallest absolute Gasteiger partial charge is 0.343 e. The second-order valence-corrected chi connectivity index (χ2v) is 6.24. The van der Waals surface area contributed by atoms with Gasteiger partial charge >= 0.3 is 11.6 Å². The summed E-state index contributed by atoms with van der Waals surface area (Å²) in [5.74, 6) is -1.85. The highest BCUT2D eigenvalue weighted by atomic mass is 16.5. The lowest BCUT2D eigenvalue weighted by molar-refractivity contribution is -0.136. The van der Waals surface area contributed by atoms with Gasteiger partial charge < -0.3 is 24.0 Å². The monoisotopic (exact) mass is 381 g/mol. The molecule has 28 heavy (non-hydrogen) atoms. The second kappa shape index (κ2) is 6.41. The first kappa shape index (κ1) is 17.6. The van der Waals surface area contributed by atoms with E-state index in [4.69, 9.17) is 24.0 Å². The molecule has 2 N–H and O–H groups in total. The van der Waals surface area contributed by atoms with E-state index < -0.39 is 22.9 Å². The Kier molecular flexibility index (Phi) is 4.03. The van der Waals surface area contributed by atoms with Crippen LogP contribution in [0.1, 0.15) is 22.8 Å². The number of fused-ring (bicyclic) bond motifs is 2. The number of carbonyl (C=O) groups excluding carboxylic acids is 1. The third-order valence-electron chi connectivity index (χ3n) is 4.56. The summed E-state index contributed by atoms with van der Waals surface area (Å²) in [6, 6.07) is 8.11. The fourth-order valence-corrected chi connectivity index (χ4v) is 3.33. The molecule has 3 heterocycles. The summed E-state index contributed by atoms with van der Waals surface area (Å²) >= 11 is 0. The SMILES string of the molecule is COC(=O)C1=C(N)Oc2cc(C)oc(=O)c2C1c1coc2ccccc2c1=O. The molecule has 0 radical (unpaired) electrons. The Bertz CT molecular complexity index is 1270. The van der Waals surface area contributed by atoms with Crippen molar-refractivity contribution in [3.63, 3.8) is 0 Å². The maximum atomic E-state index is 13.1. The van der Waals surface area contributed by atoms with Gasteiger partial charge in [0.2, 0.25) is 5.88 Å². The van der Waals surface area contributed by atoms with Crippen molar-refractivity contribution in [2.75, 3.05) is 7.11 Å². The number of benzene rings is 1. The molecule has 1 aliphatic rings. The Labute approximate surface area is 157 Å². The summed E-state index contributed by atoms with van der Waals surface area (Å²) in [5, 5.41) is 0.298. The topological polar surface area (TPSA) is 122 Å². The molecule has 0 saturated heterocycles. The van der Waals surface area contributed by atoms with Crippen molar-refractivity contribution in [2.45, 2.75) is 12.8 Å². The normalized spacial score (nSPS) is 15.9. The fourth-order valence-electron chi connectivity index (χ4n) is 3.33.